The van der Waals surface area contributed by atoms with Crippen LogP contribution >= 0.6 is 0 Å². The Hall–Kier alpha value is -0.0800. The van der Waals surface area contributed by atoms with Crippen LogP contribution in [0.4, 0.5) is 0 Å². The number of hydrogen-bond acceptors (Lipinski definition) is 2. The summed E-state index contributed by atoms with van der Waals surface area (Å²) < 4.78 is 0. The molecule has 3 N–H and O–H groups in total. The highest BCUT2D eigenvalue weighted by Gasteiger charge is 2.27. The van der Waals surface area contributed by atoms with E-state index >= 15 is 0 Å². The smallest absolute Gasteiger partial charge is 0.0164 e. The number of nitrogens with two attached hydrogens (primary N) is 1. The second kappa shape index (κ2) is 3.35. The van der Waals surface area contributed by atoms with Crippen LogP contribution in [0.3, 0.4) is 0 Å². The molecule has 0 radical (unpaired) electrons. The zero-order chi connectivity index (χ0) is 7.56. The lowest BCUT2D eigenvalue weighted by atomic mass is 10.2. The van der Waals surface area contributed by atoms with Gasteiger partial charge in [-0.3, -0.25) is 0 Å². The first-order valence-corrected chi connectivity index (χ1v) is 4.20. The average Bonchev–Trinajstić information content (AvgIpc) is 2.68. The molecule has 10 heavy (non-hydrogen) atoms. The Bertz CT molecular complexity index is 99.4. The fraction of sp³-hybridized carbons (Fsp3) is 1.00. The van der Waals surface area contributed by atoms with Crippen LogP contribution in [-0.4, -0.2) is 18.6 Å². The van der Waals surface area contributed by atoms with Gasteiger partial charge >= 0.3 is 0 Å². The Morgan fingerprint density at radius 3 is 2.50 bits per heavy atom. The van der Waals surface area contributed by atoms with Crippen molar-refractivity contribution in [1.82, 2.24) is 5.32 Å². The van der Waals surface area contributed by atoms with E-state index < -0.39 is 0 Å². The SMILES string of the molecule is CC(CN)NC(C)C1CC1. The van der Waals surface area contributed by atoms with Gasteiger partial charge in [0.15, 0.2) is 0 Å². The van der Waals surface area contributed by atoms with Crippen LogP contribution in [0.5, 0.6) is 0 Å². The van der Waals surface area contributed by atoms with Gasteiger partial charge in [0.25, 0.3) is 0 Å². The highest BCUT2D eigenvalue weighted by molar-refractivity contribution is 4.84. The molecule has 0 aromatic rings. The van der Waals surface area contributed by atoms with Crippen LogP contribution in [0.25, 0.3) is 0 Å². The summed E-state index contributed by atoms with van der Waals surface area (Å²) in [7, 11) is 0. The molecule has 2 unspecified atom stereocenters. The van der Waals surface area contributed by atoms with Gasteiger partial charge in [-0.2, -0.15) is 0 Å². The van der Waals surface area contributed by atoms with Crippen LogP contribution in [-0.2, 0) is 0 Å². The average molecular weight is 142 g/mol. The van der Waals surface area contributed by atoms with Crippen LogP contribution in [0, 0.1) is 5.92 Å². The fourth-order valence-electron chi connectivity index (χ4n) is 1.25. The van der Waals surface area contributed by atoms with Crippen molar-refractivity contribution >= 4 is 0 Å². The Balaban J connectivity index is 2.10. The van der Waals surface area contributed by atoms with E-state index in [-0.39, 0.29) is 0 Å². The molecule has 2 heteroatoms. The highest BCUT2D eigenvalue weighted by atomic mass is 15.0. The lowest BCUT2D eigenvalue weighted by Gasteiger charge is -2.17. The maximum absolute atomic E-state index is 5.48. The van der Waals surface area contributed by atoms with E-state index in [2.05, 4.69) is 19.2 Å². The molecule has 1 fully saturated rings. The van der Waals surface area contributed by atoms with Gasteiger partial charge in [0.1, 0.15) is 0 Å². The standard InChI is InChI=1S/C8H18N2/c1-6(5-9)10-7(2)8-3-4-8/h6-8,10H,3-5,9H2,1-2H3. The largest absolute Gasteiger partial charge is 0.329 e. The molecule has 0 heterocycles. The summed E-state index contributed by atoms with van der Waals surface area (Å²) in [5.41, 5.74) is 5.48. The maximum Gasteiger partial charge on any atom is 0.0164 e. The van der Waals surface area contributed by atoms with Crippen LogP contribution < -0.4 is 11.1 Å². The monoisotopic (exact) mass is 142 g/mol. The first-order chi connectivity index (χ1) is 4.74. The zero-order valence-corrected chi connectivity index (χ0v) is 6.93. The number of rotatable bonds is 4. The second-order valence-corrected chi connectivity index (χ2v) is 3.43. The topological polar surface area (TPSA) is 38.0 Å². The zero-order valence-electron chi connectivity index (χ0n) is 6.93. The van der Waals surface area contributed by atoms with E-state index in [4.69, 9.17) is 5.73 Å². The van der Waals surface area contributed by atoms with E-state index in [1.807, 2.05) is 0 Å². The first-order valence-electron chi connectivity index (χ1n) is 4.20. The van der Waals surface area contributed by atoms with Crippen molar-refractivity contribution in [1.29, 1.82) is 0 Å². The molecule has 0 aliphatic heterocycles. The molecule has 1 saturated carbocycles. The van der Waals surface area contributed by atoms with E-state index in [9.17, 15) is 0 Å². The van der Waals surface area contributed by atoms with Crippen LogP contribution in [0.15, 0.2) is 0 Å². The predicted molar refractivity (Wildman–Crippen MR) is 43.8 cm³/mol. The van der Waals surface area contributed by atoms with Gasteiger partial charge in [-0.05, 0) is 32.6 Å². The molecule has 0 spiro atoms. The molecule has 0 amide bonds. The second-order valence-electron chi connectivity index (χ2n) is 3.43. The third kappa shape index (κ3) is 2.27. The van der Waals surface area contributed by atoms with E-state index in [1.165, 1.54) is 12.8 Å². The molecule has 0 saturated heterocycles. The summed E-state index contributed by atoms with van der Waals surface area (Å²) >= 11 is 0. The van der Waals surface area contributed by atoms with Crippen molar-refractivity contribution in [3.63, 3.8) is 0 Å². The maximum atomic E-state index is 5.48. The van der Waals surface area contributed by atoms with Crippen molar-refractivity contribution in [3.8, 4) is 0 Å². The van der Waals surface area contributed by atoms with Crippen LogP contribution in [0.2, 0.25) is 0 Å². The van der Waals surface area contributed by atoms with Crippen molar-refractivity contribution in [2.45, 2.75) is 38.8 Å². The van der Waals surface area contributed by atoms with E-state index in [0.29, 0.717) is 12.1 Å². The van der Waals surface area contributed by atoms with E-state index in [1.54, 1.807) is 0 Å². The molecular weight excluding hydrogens is 124 g/mol. The minimum atomic E-state index is 0.482. The summed E-state index contributed by atoms with van der Waals surface area (Å²) in [5, 5.41) is 3.47. The molecular formula is C8H18N2. The normalized spacial score (nSPS) is 24.3. The van der Waals surface area contributed by atoms with Crippen LogP contribution in [0.1, 0.15) is 26.7 Å². The summed E-state index contributed by atoms with van der Waals surface area (Å²) in [4.78, 5) is 0. The molecule has 2 nitrogen and oxygen atoms in total. The molecule has 1 aliphatic carbocycles. The lowest BCUT2D eigenvalue weighted by Crippen LogP contribution is -2.40. The van der Waals surface area contributed by atoms with Gasteiger partial charge in [-0.1, -0.05) is 0 Å². The third-order valence-corrected chi connectivity index (χ3v) is 2.23. The van der Waals surface area contributed by atoms with Gasteiger partial charge in [0, 0.05) is 18.6 Å². The summed E-state index contributed by atoms with van der Waals surface area (Å²) in [6, 6.07) is 1.16. The fourth-order valence-corrected chi connectivity index (χ4v) is 1.25. The summed E-state index contributed by atoms with van der Waals surface area (Å²) in [5.74, 6) is 0.939. The molecule has 0 aromatic heterocycles. The molecule has 2 atom stereocenters. The summed E-state index contributed by atoms with van der Waals surface area (Å²) in [6.45, 7) is 5.14. The molecule has 60 valence electrons. The molecule has 1 rings (SSSR count). The Labute approximate surface area is 63.2 Å². The van der Waals surface area contributed by atoms with Crippen molar-refractivity contribution < 1.29 is 0 Å². The molecule has 1 aliphatic rings. The number of nitrogens with one attached hydrogen (secondary N) is 1. The van der Waals surface area contributed by atoms with Crippen molar-refractivity contribution in [2.24, 2.45) is 11.7 Å². The van der Waals surface area contributed by atoms with Gasteiger partial charge < -0.3 is 11.1 Å². The summed E-state index contributed by atoms with van der Waals surface area (Å²) in [6.07, 6.45) is 2.82. The predicted octanol–water partition coefficient (Wildman–Crippen LogP) is 0.722. The minimum absolute atomic E-state index is 0.482. The quantitative estimate of drug-likeness (QED) is 0.607. The van der Waals surface area contributed by atoms with Gasteiger partial charge in [-0.25, -0.2) is 0 Å². The van der Waals surface area contributed by atoms with Gasteiger partial charge in [-0.15, -0.1) is 0 Å². The number of hydrogen-bond donors (Lipinski definition) is 2. The van der Waals surface area contributed by atoms with E-state index in [0.717, 1.165) is 12.5 Å². The molecule has 0 bridgehead atoms. The third-order valence-electron chi connectivity index (χ3n) is 2.23. The van der Waals surface area contributed by atoms with Crippen molar-refractivity contribution in [2.75, 3.05) is 6.54 Å². The van der Waals surface area contributed by atoms with Gasteiger partial charge in [0.2, 0.25) is 0 Å². The highest BCUT2D eigenvalue weighted by Crippen LogP contribution is 2.32. The lowest BCUT2D eigenvalue weighted by molar-refractivity contribution is 0.437. The minimum Gasteiger partial charge on any atom is -0.329 e. The first kappa shape index (κ1) is 8.02. The van der Waals surface area contributed by atoms with Crippen molar-refractivity contribution in [3.05, 3.63) is 0 Å². The Morgan fingerprint density at radius 1 is 1.50 bits per heavy atom. The Kier molecular flexibility index (Phi) is 2.69. The Morgan fingerprint density at radius 2 is 2.10 bits per heavy atom. The molecule has 0 aromatic carbocycles. The van der Waals surface area contributed by atoms with Gasteiger partial charge in [0.05, 0.1) is 0 Å².